The second kappa shape index (κ2) is 50.0. The van der Waals surface area contributed by atoms with Crippen molar-refractivity contribution in [3.8, 4) is 0 Å². The van der Waals surface area contributed by atoms with Gasteiger partial charge < -0.3 is 29.9 Å². The van der Waals surface area contributed by atoms with Crippen molar-refractivity contribution in [2.24, 2.45) is 0 Å². The van der Waals surface area contributed by atoms with E-state index in [4.69, 9.17) is 5.11 Å². The van der Waals surface area contributed by atoms with Crippen LogP contribution in [0.3, 0.4) is 0 Å². The van der Waals surface area contributed by atoms with Crippen LogP contribution in [0.2, 0.25) is 0 Å². The van der Waals surface area contributed by atoms with Gasteiger partial charge in [0.15, 0.2) is 0 Å². The zero-order valence-electron chi connectivity index (χ0n) is 4.20. The third-order valence-electron chi connectivity index (χ3n) is 0. The molecule has 0 unspecified atom stereocenters. The van der Waals surface area contributed by atoms with Gasteiger partial charge in [0.1, 0.15) is 0 Å². The summed E-state index contributed by atoms with van der Waals surface area (Å²) in [5.74, 6) is 0. The Morgan fingerprint density at radius 2 is 0.833 bits per heavy atom. The summed E-state index contributed by atoms with van der Waals surface area (Å²) in [6.07, 6.45) is 0. The van der Waals surface area contributed by atoms with Crippen molar-refractivity contribution >= 4 is 0 Å². The van der Waals surface area contributed by atoms with Crippen LogP contribution in [0, 0.1) is 0 Å². The molecule has 0 saturated carbocycles. The molecule has 0 atom stereocenters. The Hall–Kier alpha value is 2.54. The van der Waals surface area contributed by atoms with E-state index in [-0.39, 0.29) is 83.9 Å². The first-order chi connectivity index (χ1) is 1.00. The molecule has 0 amide bonds. The molecule has 0 aliphatic rings. The largest absolute Gasteiger partial charge is 1.00 e. The Balaban J connectivity index is -0.000000000833. The van der Waals surface area contributed by atoms with Crippen LogP contribution in [-0.2, 0) is 0 Å². The third-order valence-corrected chi connectivity index (χ3v) is 0. The fraction of sp³-hybridized carbons (Fsp3) is 1.00. The van der Waals surface area contributed by atoms with E-state index in [1.165, 1.54) is 0 Å². The number of aliphatic hydroxyl groups is 1. The Bertz CT molecular complexity index is 11.5. The van der Waals surface area contributed by atoms with Crippen LogP contribution in [0.5, 0.6) is 0 Å². The molecular formula is CH4Cl2Na2O. The molecule has 0 rings (SSSR count). The molecule has 0 fully saturated rings. The zero-order chi connectivity index (χ0) is 2.00. The fourth-order valence-electron chi connectivity index (χ4n) is 0. The number of hydrogen-bond donors (Lipinski definition) is 1. The van der Waals surface area contributed by atoms with E-state index >= 15 is 0 Å². The summed E-state index contributed by atoms with van der Waals surface area (Å²) in [6.45, 7) is 0. The zero-order valence-corrected chi connectivity index (χ0v) is 9.72. The second-order valence-corrected chi connectivity index (χ2v) is 0. The molecule has 1 nitrogen and oxygen atoms in total. The van der Waals surface area contributed by atoms with Crippen molar-refractivity contribution in [3.63, 3.8) is 0 Å². The van der Waals surface area contributed by atoms with Gasteiger partial charge in [0.05, 0.1) is 0 Å². The van der Waals surface area contributed by atoms with Gasteiger partial charge >= 0.3 is 59.1 Å². The van der Waals surface area contributed by atoms with E-state index in [2.05, 4.69) is 0 Å². The van der Waals surface area contributed by atoms with Crippen LogP contribution in [-0.4, -0.2) is 12.2 Å². The number of halogens is 2. The predicted octanol–water partition coefficient (Wildman–Crippen LogP) is -12.4. The Morgan fingerprint density at radius 1 is 0.833 bits per heavy atom. The molecule has 30 valence electrons. The molecule has 0 aromatic carbocycles. The van der Waals surface area contributed by atoms with E-state index in [0.717, 1.165) is 7.11 Å². The van der Waals surface area contributed by atoms with Gasteiger partial charge in [-0.25, -0.2) is 0 Å². The summed E-state index contributed by atoms with van der Waals surface area (Å²) >= 11 is 0. The Labute approximate surface area is 94.7 Å². The van der Waals surface area contributed by atoms with Crippen molar-refractivity contribution < 1.29 is 89.0 Å². The Kier molecular flexibility index (Phi) is 323. The van der Waals surface area contributed by atoms with Crippen molar-refractivity contribution in [1.82, 2.24) is 0 Å². The number of hydrogen-bond acceptors (Lipinski definition) is 1. The van der Waals surface area contributed by atoms with E-state index in [9.17, 15) is 0 Å². The van der Waals surface area contributed by atoms with Gasteiger partial charge in [-0.15, -0.1) is 0 Å². The molecule has 0 aliphatic carbocycles. The first-order valence-electron chi connectivity index (χ1n) is 0.447. The average molecular weight is 149 g/mol. The molecule has 0 spiro atoms. The van der Waals surface area contributed by atoms with Gasteiger partial charge in [0.25, 0.3) is 0 Å². The normalized spacial score (nSPS) is 1.00. The first kappa shape index (κ1) is 38.7. The van der Waals surface area contributed by atoms with Crippen LogP contribution in [0.1, 0.15) is 0 Å². The quantitative estimate of drug-likeness (QED) is 0.339. The van der Waals surface area contributed by atoms with E-state index in [1.54, 1.807) is 0 Å². The SMILES string of the molecule is CO.[Cl-].[Cl-].[Na+].[Na+]. The molecule has 5 heteroatoms. The summed E-state index contributed by atoms with van der Waals surface area (Å²) < 4.78 is 0. The topological polar surface area (TPSA) is 20.2 Å². The van der Waals surface area contributed by atoms with Crippen LogP contribution in [0.25, 0.3) is 0 Å². The smallest absolute Gasteiger partial charge is 1.00 e. The molecule has 0 bridgehead atoms. The minimum absolute atomic E-state index is 0. The predicted molar refractivity (Wildman–Crippen MR) is 8.14 cm³/mol. The molecule has 1 N–H and O–H groups in total. The minimum atomic E-state index is 0. The first-order valence-corrected chi connectivity index (χ1v) is 0.447. The summed E-state index contributed by atoms with van der Waals surface area (Å²) in [7, 11) is 1.00. The molecule has 0 radical (unpaired) electrons. The monoisotopic (exact) mass is 148 g/mol. The van der Waals surface area contributed by atoms with E-state index in [0.29, 0.717) is 0 Å². The summed E-state index contributed by atoms with van der Waals surface area (Å²) in [5, 5.41) is 7.00. The number of rotatable bonds is 0. The molecule has 0 saturated heterocycles. The average Bonchev–Trinajstić information content (AvgIpc) is 1.00. The summed E-state index contributed by atoms with van der Waals surface area (Å²) in [6, 6.07) is 0. The van der Waals surface area contributed by atoms with E-state index < -0.39 is 0 Å². The van der Waals surface area contributed by atoms with E-state index in [1.807, 2.05) is 0 Å². The minimum Gasteiger partial charge on any atom is -1.00 e. The van der Waals surface area contributed by atoms with Crippen molar-refractivity contribution in [2.75, 3.05) is 7.11 Å². The van der Waals surface area contributed by atoms with Crippen LogP contribution >= 0.6 is 0 Å². The van der Waals surface area contributed by atoms with Crippen molar-refractivity contribution in [1.29, 1.82) is 0 Å². The second-order valence-electron chi connectivity index (χ2n) is 0. The van der Waals surface area contributed by atoms with Gasteiger partial charge in [-0.2, -0.15) is 0 Å². The maximum Gasteiger partial charge on any atom is 1.00 e. The van der Waals surface area contributed by atoms with Gasteiger partial charge in [-0.05, 0) is 0 Å². The van der Waals surface area contributed by atoms with Gasteiger partial charge in [0.2, 0.25) is 0 Å². The summed E-state index contributed by atoms with van der Waals surface area (Å²) in [4.78, 5) is 0. The molecule has 0 heterocycles. The fourth-order valence-corrected chi connectivity index (χ4v) is 0. The van der Waals surface area contributed by atoms with Crippen LogP contribution in [0.15, 0.2) is 0 Å². The molecular weight excluding hydrogens is 145 g/mol. The summed E-state index contributed by atoms with van der Waals surface area (Å²) in [5.41, 5.74) is 0. The number of aliphatic hydroxyl groups excluding tert-OH is 1. The van der Waals surface area contributed by atoms with Crippen LogP contribution < -0.4 is 83.9 Å². The van der Waals surface area contributed by atoms with Crippen molar-refractivity contribution in [2.45, 2.75) is 0 Å². The third kappa shape index (κ3) is 31.1. The molecule has 0 aromatic rings. The maximum atomic E-state index is 7.00. The molecule has 6 heavy (non-hydrogen) atoms. The van der Waals surface area contributed by atoms with Gasteiger partial charge in [-0.3, -0.25) is 0 Å². The standard InChI is InChI=1S/CH4O.2ClH.2Na/c1-2;;;;/h2H,1H3;2*1H;;/q;;;2*+1/p-2. The molecule has 0 aliphatic heterocycles. The Morgan fingerprint density at radius 3 is 0.833 bits per heavy atom. The van der Waals surface area contributed by atoms with Gasteiger partial charge in [-0.1, -0.05) is 0 Å². The maximum absolute atomic E-state index is 7.00. The van der Waals surface area contributed by atoms with Crippen molar-refractivity contribution in [3.05, 3.63) is 0 Å². The van der Waals surface area contributed by atoms with Crippen LogP contribution in [0.4, 0.5) is 0 Å². The van der Waals surface area contributed by atoms with Gasteiger partial charge in [0, 0.05) is 7.11 Å². The molecule has 0 aromatic heterocycles.